The fraction of sp³-hybridized carbons (Fsp3) is 0.267. The maximum absolute atomic E-state index is 5.59. The highest BCUT2D eigenvalue weighted by atomic mass is 79.9. The first-order valence-electron chi connectivity index (χ1n) is 6.29. The lowest BCUT2D eigenvalue weighted by atomic mass is 10.1. The van der Waals surface area contributed by atoms with Crippen LogP contribution in [0.2, 0.25) is 0 Å². The third-order valence-electron chi connectivity index (χ3n) is 3.03. The van der Waals surface area contributed by atoms with Gasteiger partial charge in [0.15, 0.2) is 0 Å². The van der Waals surface area contributed by atoms with E-state index in [0.29, 0.717) is 6.54 Å². The van der Waals surface area contributed by atoms with Crippen molar-refractivity contribution in [3.8, 4) is 0 Å². The molecular weight excluding hydrogens is 302 g/mol. The van der Waals surface area contributed by atoms with Crippen LogP contribution < -0.4 is 10.6 Å². The van der Waals surface area contributed by atoms with Gasteiger partial charge in [-0.15, -0.1) is 0 Å². The molecule has 0 aliphatic heterocycles. The number of hydrogen-bond donors (Lipinski definition) is 1. The van der Waals surface area contributed by atoms with Gasteiger partial charge in [0, 0.05) is 36.1 Å². The smallest absolute Gasteiger partial charge is 0.0441 e. The lowest BCUT2D eigenvalue weighted by Crippen LogP contribution is -2.16. The van der Waals surface area contributed by atoms with E-state index in [1.807, 2.05) is 12.3 Å². The second kappa shape index (κ2) is 6.68. The van der Waals surface area contributed by atoms with E-state index in [1.54, 1.807) is 6.20 Å². The molecule has 0 fully saturated rings. The van der Waals surface area contributed by atoms with E-state index in [0.717, 1.165) is 17.4 Å². The molecule has 100 valence electrons. The summed E-state index contributed by atoms with van der Waals surface area (Å²) in [6.07, 6.45) is 4.59. The summed E-state index contributed by atoms with van der Waals surface area (Å²) in [5, 5.41) is 0. The SMILES string of the molecule is CN(Cc1cccnc1)c1ccc(CCN)c(Br)c1. The van der Waals surface area contributed by atoms with Gasteiger partial charge in [-0.2, -0.15) is 0 Å². The molecule has 1 aromatic heterocycles. The zero-order chi connectivity index (χ0) is 13.7. The minimum atomic E-state index is 0.670. The van der Waals surface area contributed by atoms with E-state index in [-0.39, 0.29) is 0 Å². The van der Waals surface area contributed by atoms with E-state index < -0.39 is 0 Å². The number of halogens is 1. The van der Waals surface area contributed by atoms with Crippen molar-refractivity contribution in [3.05, 3.63) is 58.3 Å². The highest BCUT2D eigenvalue weighted by Gasteiger charge is 2.05. The quantitative estimate of drug-likeness (QED) is 0.921. The Morgan fingerprint density at radius 1 is 1.32 bits per heavy atom. The fourth-order valence-electron chi connectivity index (χ4n) is 1.99. The summed E-state index contributed by atoms with van der Waals surface area (Å²) in [4.78, 5) is 6.34. The molecular formula is C15H18BrN3. The topological polar surface area (TPSA) is 42.2 Å². The summed E-state index contributed by atoms with van der Waals surface area (Å²) in [6, 6.07) is 10.4. The summed E-state index contributed by atoms with van der Waals surface area (Å²) < 4.78 is 1.12. The van der Waals surface area contributed by atoms with Crippen LogP contribution >= 0.6 is 15.9 Å². The van der Waals surface area contributed by atoms with Crippen LogP contribution in [0, 0.1) is 0 Å². The number of aromatic nitrogens is 1. The Kier molecular flexibility index (Phi) is 4.93. The fourth-order valence-corrected chi connectivity index (χ4v) is 2.55. The van der Waals surface area contributed by atoms with E-state index in [4.69, 9.17) is 5.73 Å². The monoisotopic (exact) mass is 319 g/mol. The number of nitrogens with two attached hydrogens (primary N) is 1. The summed E-state index contributed by atoms with van der Waals surface area (Å²) in [5.74, 6) is 0. The van der Waals surface area contributed by atoms with Crippen molar-refractivity contribution in [2.24, 2.45) is 5.73 Å². The highest BCUT2D eigenvalue weighted by molar-refractivity contribution is 9.10. The summed E-state index contributed by atoms with van der Waals surface area (Å²) in [7, 11) is 2.08. The maximum Gasteiger partial charge on any atom is 0.0441 e. The van der Waals surface area contributed by atoms with Gasteiger partial charge in [0.25, 0.3) is 0 Å². The van der Waals surface area contributed by atoms with Crippen LogP contribution in [0.25, 0.3) is 0 Å². The lowest BCUT2D eigenvalue weighted by molar-refractivity contribution is 0.910. The first-order valence-corrected chi connectivity index (χ1v) is 7.08. The number of benzene rings is 1. The van der Waals surface area contributed by atoms with Crippen molar-refractivity contribution in [3.63, 3.8) is 0 Å². The Bertz CT molecular complexity index is 528. The zero-order valence-corrected chi connectivity index (χ0v) is 12.6. The molecule has 0 amide bonds. The Balaban J connectivity index is 2.11. The molecule has 0 radical (unpaired) electrons. The second-order valence-corrected chi connectivity index (χ2v) is 5.39. The van der Waals surface area contributed by atoms with Crippen molar-refractivity contribution in [2.45, 2.75) is 13.0 Å². The molecule has 2 N–H and O–H groups in total. The van der Waals surface area contributed by atoms with Gasteiger partial charge in [0.1, 0.15) is 0 Å². The number of hydrogen-bond acceptors (Lipinski definition) is 3. The predicted octanol–water partition coefficient (Wildman–Crippen LogP) is 2.98. The Labute approximate surface area is 122 Å². The molecule has 1 heterocycles. The molecule has 0 saturated carbocycles. The number of nitrogens with zero attached hydrogens (tertiary/aromatic N) is 2. The van der Waals surface area contributed by atoms with Gasteiger partial charge >= 0.3 is 0 Å². The molecule has 0 spiro atoms. The summed E-state index contributed by atoms with van der Waals surface area (Å²) in [6.45, 7) is 1.51. The Hall–Kier alpha value is -1.39. The number of rotatable bonds is 5. The van der Waals surface area contributed by atoms with Gasteiger partial charge in [0.2, 0.25) is 0 Å². The standard InChI is InChI=1S/C15H18BrN3/c1-19(11-12-3-2-8-18-10-12)14-5-4-13(6-7-17)15(16)9-14/h2-5,8-10H,6-7,11,17H2,1H3. The molecule has 2 rings (SSSR count). The van der Waals surface area contributed by atoms with E-state index in [1.165, 1.54) is 16.8 Å². The van der Waals surface area contributed by atoms with Crippen LogP contribution in [0.5, 0.6) is 0 Å². The third-order valence-corrected chi connectivity index (χ3v) is 3.77. The molecule has 0 atom stereocenters. The van der Waals surface area contributed by atoms with E-state index in [2.05, 4.69) is 57.1 Å². The molecule has 0 aliphatic rings. The molecule has 0 unspecified atom stereocenters. The molecule has 0 bridgehead atoms. The molecule has 4 heteroatoms. The minimum absolute atomic E-state index is 0.670. The molecule has 1 aromatic carbocycles. The van der Waals surface area contributed by atoms with Crippen LogP contribution in [0.3, 0.4) is 0 Å². The first-order chi connectivity index (χ1) is 9.20. The van der Waals surface area contributed by atoms with Crippen molar-refractivity contribution in [2.75, 3.05) is 18.5 Å². The first kappa shape index (κ1) is 14.0. The van der Waals surface area contributed by atoms with Gasteiger partial charge in [-0.25, -0.2) is 0 Å². The van der Waals surface area contributed by atoms with Gasteiger partial charge in [-0.3, -0.25) is 4.98 Å². The largest absolute Gasteiger partial charge is 0.370 e. The highest BCUT2D eigenvalue weighted by Crippen LogP contribution is 2.24. The normalized spacial score (nSPS) is 10.5. The van der Waals surface area contributed by atoms with Crippen molar-refractivity contribution in [1.82, 2.24) is 4.98 Å². The lowest BCUT2D eigenvalue weighted by Gasteiger charge is -2.20. The summed E-state index contributed by atoms with van der Waals surface area (Å²) >= 11 is 3.61. The van der Waals surface area contributed by atoms with Crippen LogP contribution in [0.1, 0.15) is 11.1 Å². The van der Waals surface area contributed by atoms with Crippen LogP contribution in [0.4, 0.5) is 5.69 Å². The zero-order valence-electron chi connectivity index (χ0n) is 11.0. The Morgan fingerprint density at radius 3 is 2.79 bits per heavy atom. The maximum atomic E-state index is 5.59. The number of anilines is 1. The molecule has 3 nitrogen and oxygen atoms in total. The van der Waals surface area contributed by atoms with Crippen LogP contribution in [-0.2, 0) is 13.0 Å². The second-order valence-electron chi connectivity index (χ2n) is 4.53. The Morgan fingerprint density at radius 2 is 2.16 bits per heavy atom. The van der Waals surface area contributed by atoms with Crippen LogP contribution in [-0.4, -0.2) is 18.6 Å². The van der Waals surface area contributed by atoms with Crippen molar-refractivity contribution >= 4 is 21.6 Å². The molecule has 0 saturated heterocycles. The molecule has 19 heavy (non-hydrogen) atoms. The summed E-state index contributed by atoms with van der Waals surface area (Å²) in [5.41, 5.74) is 9.22. The van der Waals surface area contributed by atoms with Gasteiger partial charge in [-0.05, 0) is 42.3 Å². The molecule has 0 aliphatic carbocycles. The average Bonchev–Trinajstić information content (AvgIpc) is 2.42. The molecule has 2 aromatic rings. The number of pyridine rings is 1. The minimum Gasteiger partial charge on any atom is -0.370 e. The van der Waals surface area contributed by atoms with E-state index in [9.17, 15) is 0 Å². The van der Waals surface area contributed by atoms with E-state index >= 15 is 0 Å². The van der Waals surface area contributed by atoms with Gasteiger partial charge in [0.05, 0.1) is 0 Å². The van der Waals surface area contributed by atoms with Gasteiger partial charge in [-0.1, -0.05) is 28.1 Å². The van der Waals surface area contributed by atoms with Crippen LogP contribution in [0.15, 0.2) is 47.2 Å². The predicted molar refractivity (Wildman–Crippen MR) is 83.2 cm³/mol. The van der Waals surface area contributed by atoms with Crippen molar-refractivity contribution < 1.29 is 0 Å². The van der Waals surface area contributed by atoms with Gasteiger partial charge < -0.3 is 10.6 Å². The third kappa shape index (κ3) is 3.78. The van der Waals surface area contributed by atoms with Crippen molar-refractivity contribution in [1.29, 1.82) is 0 Å². The average molecular weight is 320 g/mol.